The number of hydrogen-bond acceptors (Lipinski definition) is 3. The Hall–Kier alpha value is -1.56. The van der Waals surface area contributed by atoms with E-state index in [1.807, 2.05) is 6.92 Å². The molecule has 1 atom stereocenters. The van der Waals surface area contributed by atoms with E-state index in [0.717, 1.165) is 4.47 Å². The minimum atomic E-state index is -1.04. The molecule has 6 heteroatoms. The SMILES string of the molecule is CCC[C@@H](NC(=O)c1ccc(Br)cc1N)C(=O)O. The predicted molar refractivity (Wildman–Crippen MR) is 72.4 cm³/mol. The normalized spacial score (nSPS) is 11.9. The van der Waals surface area contributed by atoms with Gasteiger partial charge in [0.05, 0.1) is 5.56 Å². The van der Waals surface area contributed by atoms with Gasteiger partial charge in [0.15, 0.2) is 0 Å². The van der Waals surface area contributed by atoms with Crippen LogP contribution < -0.4 is 11.1 Å². The highest BCUT2D eigenvalue weighted by Gasteiger charge is 2.20. The lowest BCUT2D eigenvalue weighted by molar-refractivity contribution is -0.139. The van der Waals surface area contributed by atoms with E-state index in [9.17, 15) is 9.59 Å². The zero-order valence-electron chi connectivity index (χ0n) is 9.94. The fourth-order valence-corrected chi connectivity index (χ4v) is 1.90. The molecular weight excluding hydrogens is 300 g/mol. The van der Waals surface area contributed by atoms with E-state index < -0.39 is 17.9 Å². The lowest BCUT2D eigenvalue weighted by Gasteiger charge is -2.14. The van der Waals surface area contributed by atoms with Crippen LogP contribution in [0.4, 0.5) is 5.69 Å². The van der Waals surface area contributed by atoms with Crippen LogP contribution in [-0.4, -0.2) is 23.0 Å². The summed E-state index contributed by atoms with van der Waals surface area (Å²) in [5.41, 5.74) is 6.30. The smallest absolute Gasteiger partial charge is 0.326 e. The third-order valence-electron chi connectivity index (χ3n) is 2.44. The molecule has 0 saturated heterocycles. The van der Waals surface area contributed by atoms with Gasteiger partial charge in [0.25, 0.3) is 5.91 Å². The van der Waals surface area contributed by atoms with Gasteiger partial charge in [-0.15, -0.1) is 0 Å². The molecule has 98 valence electrons. The molecular formula is C12H15BrN2O3. The number of amides is 1. The Morgan fingerprint density at radius 2 is 2.17 bits per heavy atom. The molecule has 1 aromatic rings. The topological polar surface area (TPSA) is 92.4 Å². The van der Waals surface area contributed by atoms with Crippen molar-refractivity contribution in [1.82, 2.24) is 5.32 Å². The maximum atomic E-state index is 11.9. The summed E-state index contributed by atoms with van der Waals surface area (Å²) < 4.78 is 0.764. The molecule has 0 aliphatic carbocycles. The Morgan fingerprint density at radius 3 is 2.67 bits per heavy atom. The number of carboxylic acid groups (broad SMARTS) is 1. The number of nitrogens with two attached hydrogens (primary N) is 1. The molecule has 0 aliphatic heterocycles. The molecule has 1 amide bonds. The Balaban J connectivity index is 2.83. The molecule has 0 unspecified atom stereocenters. The zero-order chi connectivity index (χ0) is 13.7. The molecule has 0 fully saturated rings. The summed E-state index contributed by atoms with van der Waals surface area (Å²) in [6.45, 7) is 1.86. The number of carbonyl (C=O) groups is 2. The highest BCUT2D eigenvalue weighted by Crippen LogP contribution is 2.18. The summed E-state index contributed by atoms with van der Waals surface area (Å²) in [6.07, 6.45) is 1.06. The average Bonchev–Trinajstić information content (AvgIpc) is 2.27. The molecule has 1 aromatic carbocycles. The Labute approximate surface area is 113 Å². The van der Waals surface area contributed by atoms with Crippen molar-refractivity contribution in [1.29, 1.82) is 0 Å². The Kier molecular flexibility index (Phi) is 5.15. The Morgan fingerprint density at radius 1 is 1.50 bits per heavy atom. The highest BCUT2D eigenvalue weighted by molar-refractivity contribution is 9.10. The van der Waals surface area contributed by atoms with Gasteiger partial charge in [0.1, 0.15) is 6.04 Å². The van der Waals surface area contributed by atoms with Gasteiger partial charge in [-0.05, 0) is 24.6 Å². The maximum absolute atomic E-state index is 11.9. The molecule has 1 rings (SSSR count). The van der Waals surface area contributed by atoms with E-state index in [0.29, 0.717) is 18.5 Å². The zero-order valence-corrected chi connectivity index (χ0v) is 11.5. The number of anilines is 1. The molecule has 0 heterocycles. The third-order valence-corrected chi connectivity index (χ3v) is 2.93. The molecule has 0 saturated carbocycles. The number of nitrogen functional groups attached to an aromatic ring is 1. The second-order valence-electron chi connectivity index (χ2n) is 3.88. The predicted octanol–water partition coefficient (Wildman–Crippen LogP) is 2.01. The van der Waals surface area contributed by atoms with E-state index in [4.69, 9.17) is 10.8 Å². The van der Waals surface area contributed by atoms with Crippen molar-refractivity contribution in [2.45, 2.75) is 25.8 Å². The highest BCUT2D eigenvalue weighted by atomic mass is 79.9. The first-order chi connectivity index (χ1) is 8.45. The summed E-state index contributed by atoms with van der Waals surface area (Å²) in [4.78, 5) is 22.8. The third kappa shape index (κ3) is 3.73. The van der Waals surface area contributed by atoms with Crippen molar-refractivity contribution in [3.05, 3.63) is 28.2 Å². The van der Waals surface area contributed by atoms with Crippen molar-refractivity contribution in [3.63, 3.8) is 0 Å². The number of rotatable bonds is 5. The van der Waals surface area contributed by atoms with Crippen LogP contribution in [-0.2, 0) is 4.79 Å². The van der Waals surface area contributed by atoms with Crippen LogP contribution in [0.3, 0.4) is 0 Å². The summed E-state index contributed by atoms with van der Waals surface area (Å²) in [7, 11) is 0. The van der Waals surface area contributed by atoms with Crippen LogP contribution >= 0.6 is 15.9 Å². The summed E-state index contributed by atoms with van der Waals surface area (Å²) >= 11 is 3.24. The molecule has 0 aliphatic rings. The van der Waals surface area contributed by atoms with E-state index in [-0.39, 0.29) is 5.56 Å². The van der Waals surface area contributed by atoms with E-state index in [2.05, 4.69) is 21.2 Å². The first-order valence-electron chi connectivity index (χ1n) is 5.54. The maximum Gasteiger partial charge on any atom is 0.326 e. The van der Waals surface area contributed by atoms with Crippen LogP contribution in [0.25, 0.3) is 0 Å². The second kappa shape index (κ2) is 6.39. The van der Waals surface area contributed by atoms with Crippen molar-refractivity contribution in [2.24, 2.45) is 0 Å². The summed E-state index contributed by atoms with van der Waals surface area (Å²) in [6, 6.07) is 3.95. The minimum Gasteiger partial charge on any atom is -0.480 e. The quantitative estimate of drug-likeness (QED) is 0.725. The fraction of sp³-hybridized carbons (Fsp3) is 0.333. The van der Waals surface area contributed by atoms with Gasteiger partial charge in [-0.1, -0.05) is 29.3 Å². The standard InChI is InChI=1S/C12H15BrN2O3/c1-2-3-10(12(17)18)15-11(16)8-5-4-7(13)6-9(8)14/h4-6,10H,2-3,14H2,1H3,(H,15,16)(H,17,18)/t10-/m1/s1. The minimum absolute atomic E-state index is 0.278. The molecule has 0 bridgehead atoms. The molecule has 0 aromatic heterocycles. The summed E-state index contributed by atoms with van der Waals surface area (Å²) in [5, 5.41) is 11.4. The second-order valence-corrected chi connectivity index (χ2v) is 4.80. The van der Waals surface area contributed by atoms with Crippen LogP contribution in [0.15, 0.2) is 22.7 Å². The molecule has 5 nitrogen and oxygen atoms in total. The number of halogens is 1. The van der Waals surface area contributed by atoms with Gasteiger partial charge in [-0.3, -0.25) is 4.79 Å². The van der Waals surface area contributed by atoms with Crippen LogP contribution in [0.5, 0.6) is 0 Å². The van der Waals surface area contributed by atoms with Gasteiger partial charge in [-0.2, -0.15) is 0 Å². The average molecular weight is 315 g/mol. The van der Waals surface area contributed by atoms with Gasteiger partial charge < -0.3 is 16.2 Å². The number of carbonyl (C=O) groups excluding carboxylic acids is 1. The van der Waals surface area contributed by atoms with Crippen molar-refractivity contribution < 1.29 is 14.7 Å². The summed E-state index contributed by atoms with van der Waals surface area (Å²) in [5.74, 6) is -1.51. The van der Waals surface area contributed by atoms with Crippen LogP contribution in [0, 0.1) is 0 Å². The van der Waals surface area contributed by atoms with Crippen molar-refractivity contribution in [2.75, 3.05) is 5.73 Å². The number of nitrogens with one attached hydrogen (secondary N) is 1. The monoisotopic (exact) mass is 314 g/mol. The molecule has 4 N–H and O–H groups in total. The molecule has 0 radical (unpaired) electrons. The number of carboxylic acids is 1. The van der Waals surface area contributed by atoms with E-state index in [1.54, 1.807) is 18.2 Å². The molecule has 0 spiro atoms. The lowest BCUT2D eigenvalue weighted by Crippen LogP contribution is -2.40. The number of benzene rings is 1. The van der Waals surface area contributed by atoms with Gasteiger partial charge in [0, 0.05) is 10.2 Å². The van der Waals surface area contributed by atoms with Gasteiger partial charge in [-0.25, -0.2) is 4.79 Å². The van der Waals surface area contributed by atoms with Crippen LogP contribution in [0.1, 0.15) is 30.1 Å². The Bertz CT molecular complexity index is 463. The van der Waals surface area contributed by atoms with Crippen LogP contribution in [0.2, 0.25) is 0 Å². The fourth-order valence-electron chi connectivity index (χ4n) is 1.52. The van der Waals surface area contributed by atoms with E-state index in [1.165, 1.54) is 0 Å². The number of hydrogen-bond donors (Lipinski definition) is 3. The van der Waals surface area contributed by atoms with E-state index >= 15 is 0 Å². The first-order valence-corrected chi connectivity index (χ1v) is 6.33. The van der Waals surface area contributed by atoms with Crippen molar-refractivity contribution >= 4 is 33.5 Å². The first kappa shape index (κ1) is 14.5. The lowest BCUT2D eigenvalue weighted by atomic mass is 10.1. The largest absolute Gasteiger partial charge is 0.480 e. The number of aliphatic carboxylic acids is 1. The van der Waals surface area contributed by atoms with Crippen molar-refractivity contribution in [3.8, 4) is 0 Å². The van der Waals surface area contributed by atoms with Gasteiger partial charge in [0.2, 0.25) is 0 Å². The van der Waals surface area contributed by atoms with Gasteiger partial charge >= 0.3 is 5.97 Å². The molecule has 18 heavy (non-hydrogen) atoms.